The molecule has 0 bridgehead atoms. The van der Waals surface area contributed by atoms with Gasteiger partial charge in [-0.15, -0.1) is 22.7 Å². The van der Waals surface area contributed by atoms with E-state index < -0.39 is 18.4 Å². The second-order valence-electron chi connectivity index (χ2n) is 15.1. The van der Waals surface area contributed by atoms with Crippen molar-refractivity contribution in [2.45, 2.75) is 65.2 Å². The first-order valence-corrected chi connectivity index (χ1v) is 24.4. The van der Waals surface area contributed by atoms with Gasteiger partial charge in [0.2, 0.25) is 0 Å². The van der Waals surface area contributed by atoms with E-state index in [1.807, 2.05) is 24.3 Å². The van der Waals surface area contributed by atoms with Crippen LogP contribution in [-0.4, -0.2) is 72.4 Å². The van der Waals surface area contributed by atoms with Crippen LogP contribution < -0.4 is 33.3 Å². The SMILES string of the molecule is CCCCCCOc1ccc(N(c2ccc(OCCCCCC)cc2)c2ccc(-c3sc(-c4sc(C=C5SC(=S)N(CC(=O)O)C5=O)c5c4OCCO5)c4c3OCCO4)cc2)cc1. The van der Waals surface area contributed by atoms with Gasteiger partial charge in [-0.1, -0.05) is 88.5 Å². The average molecular weight is 927 g/mol. The van der Waals surface area contributed by atoms with Crippen molar-refractivity contribution in [2.75, 3.05) is 51.1 Å². The number of thiophene rings is 2. The summed E-state index contributed by atoms with van der Waals surface area (Å²) in [5.74, 6) is 2.48. The standard InChI is InChI=1S/C48H50N2O9S4/c1-3-5-7-9-23-54-35-19-15-33(16-20-35)50(34-17-21-36(22-18-34)55-24-10-8-6-4-2)32-13-11-31(12-14-32)44-42-43(59-28-27-58-42)46(63-44)45-41-40(56-25-26-57-41)37(61-45)29-38-47(53)49(30-39(51)52)48(60)62-38/h11-22,29H,3-10,23-28,30H2,1-2H3,(H,51,52). The third-order valence-electron chi connectivity index (χ3n) is 10.6. The number of fused-ring (bicyclic) bond motifs is 2. The number of anilines is 3. The molecule has 0 spiro atoms. The van der Waals surface area contributed by atoms with Gasteiger partial charge in [0.05, 0.1) is 37.6 Å². The van der Waals surface area contributed by atoms with Crippen LogP contribution >= 0.6 is 46.7 Å². The molecule has 0 aliphatic carbocycles. The summed E-state index contributed by atoms with van der Waals surface area (Å²) in [6, 6.07) is 25.0. The first-order chi connectivity index (χ1) is 30.8. The van der Waals surface area contributed by atoms with Crippen molar-refractivity contribution in [3.63, 3.8) is 0 Å². The number of hydrogen-bond acceptors (Lipinski definition) is 13. The summed E-state index contributed by atoms with van der Waals surface area (Å²) in [5, 5.41) is 9.33. The number of amides is 1. The fourth-order valence-electron chi connectivity index (χ4n) is 7.43. The van der Waals surface area contributed by atoms with Crippen LogP contribution in [0.25, 0.3) is 26.3 Å². The summed E-state index contributed by atoms with van der Waals surface area (Å²) >= 11 is 9.37. The van der Waals surface area contributed by atoms with E-state index in [-0.39, 0.29) is 4.32 Å². The number of carboxylic acid groups (broad SMARTS) is 1. The molecule has 0 unspecified atom stereocenters. The molecule has 330 valence electrons. The van der Waals surface area contributed by atoms with E-state index in [2.05, 4.69) is 67.3 Å². The normalized spacial score (nSPS) is 15.0. The molecule has 8 rings (SSSR count). The quantitative estimate of drug-likeness (QED) is 0.0455. The molecule has 1 N–H and O–H groups in total. The molecule has 3 aliphatic rings. The summed E-state index contributed by atoms with van der Waals surface area (Å²) in [4.78, 5) is 31.4. The molecule has 5 aromatic rings. The minimum Gasteiger partial charge on any atom is -0.494 e. The molecule has 3 aliphatic heterocycles. The van der Waals surface area contributed by atoms with Crippen LogP contribution in [0.15, 0.2) is 77.7 Å². The van der Waals surface area contributed by atoms with Crippen LogP contribution in [0.5, 0.6) is 34.5 Å². The fourth-order valence-corrected chi connectivity index (χ4v) is 11.2. The van der Waals surface area contributed by atoms with E-state index in [9.17, 15) is 14.7 Å². The lowest BCUT2D eigenvalue weighted by atomic mass is 10.1. The number of carbonyl (C=O) groups is 2. The first-order valence-electron chi connectivity index (χ1n) is 21.5. The summed E-state index contributed by atoms with van der Waals surface area (Å²) in [6.07, 6.45) is 10.9. The van der Waals surface area contributed by atoms with Gasteiger partial charge in [-0.2, -0.15) is 0 Å². The van der Waals surface area contributed by atoms with E-state index in [1.165, 1.54) is 49.9 Å². The molecule has 0 saturated carbocycles. The lowest BCUT2D eigenvalue weighted by molar-refractivity contribution is -0.140. The van der Waals surface area contributed by atoms with Crippen molar-refractivity contribution in [1.82, 2.24) is 4.90 Å². The zero-order chi connectivity index (χ0) is 43.7. The van der Waals surface area contributed by atoms with E-state index in [1.54, 1.807) is 17.4 Å². The number of aliphatic carboxylic acids is 1. The number of carbonyl (C=O) groups excluding carboxylic acids is 1. The molecule has 5 heterocycles. The molecule has 3 aromatic carbocycles. The maximum absolute atomic E-state index is 13.2. The molecule has 15 heteroatoms. The van der Waals surface area contributed by atoms with Crippen molar-refractivity contribution in [2.24, 2.45) is 0 Å². The Bertz CT molecular complexity index is 2370. The number of unbranched alkanes of at least 4 members (excludes halogenated alkanes) is 6. The molecule has 0 atom stereocenters. The second-order valence-corrected chi connectivity index (χ2v) is 18.9. The lowest BCUT2D eigenvalue weighted by Crippen LogP contribution is -2.33. The van der Waals surface area contributed by atoms with Gasteiger partial charge in [-0.3, -0.25) is 14.5 Å². The van der Waals surface area contributed by atoms with Gasteiger partial charge in [0, 0.05) is 17.1 Å². The van der Waals surface area contributed by atoms with Gasteiger partial charge in [-0.05, 0) is 85.1 Å². The Hall–Kier alpha value is -5.22. The van der Waals surface area contributed by atoms with Gasteiger partial charge >= 0.3 is 5.97 Å². The topological polar surface area (TPSA) is 116 Å². The Morgan fingerprint density at radius 1 is 0.683 bits per heavy atom. The van der Waals surface area contributed by atoms with E-state index in [0.717, 1.165) is 78.3 Å². The van der Waals surface area contributed by atoms with Crippen molar-refractivity contribution < 1.29 is 43.1 Å². The van der Waals surface area contributed by atoms with E-state index >= 15 is 0 Å². The van der Waals surface area contributed by atoms with Gasteiger partial charge in [-0.25, -0.2) is 0 Å². The number of hydrogen-bond donors (Lipinski definition) is 1. The first kappa shape index (κ1) is 44.4. The number of thioether (sulfide) groups is 1. The zero-order valence-corrected chi connectivity index (χ0v) is 38.6. The Kier molecular flexibility index (Phi) is 14.8. The zero-order valence-electron chi connectivity index (χ0n) is 35.4. The van der Waals surface area contributed by atoms with Gasteiger partial charge in [0.15, 0.2) is 23.0 Å². The van der Waals surface area contributed by atoms with Gasteiger partial charge in [0.25, 0.3) is 5.91 Å². The third kappa shape index (κ3) is 10.3. The molecule has 1 amide bonds. The number of nitrogens with zero attached hydrogens (tertiary/aromatic N) is 2. The number of thiocarbonyl (C=S) groups is 1. The van der Waals surface area contributed by atoms with Crippen molar-refractivity contribution >= 4 is 86.0 Å². The largest absolute Gasteiger partial charge is 0.494 e. The molecular formula is C48H50N2O9S4. The van der Waals surface area contributed by atoms with Crippen LogP contribution in [0, 0.1) is 0 Å². The van der Waals surface area contributed by atoms with Gasteiger partial charge < -0.3 is 38.4 Å². The summed E-state index contributed by atoms with van der Waals surface area (Å²) in [7, 11) is 0. The third-order valence-corrected chi connectivity index (χ3v) is 14.4. The molecule has 11 nitrogen and oxygen atoms in total. The van der Waals surface area contributed by atoms with E-state index in [0.29, 0.717) is 72.4 Å². The molecule has 2 aromatic heterocycles. The second kappa shape index (κ2) is 21.0. The Morgan fingerprint density at radius 2 is 1.16 bits per heavy atom. The number of benzene rings is 3. The highest BCUT2D eigenvalue weighted by atomic mass is 32.2. The van der Waals surface area contributed by atoms with Crippen LogP contribution in [0.2, 0.25) is 0 Å². The Morgan fingerprint density at radius 3 is 1.68 bits per heavy atom. The fraction of sp³-hybridized carbons (Fsp3) is 0.354. The molecule has 63 heavy (non-hydrogen) atoms. The smallest absolute Gasteiger partial charge is 0.323 e. The predicted octanol–water partition coefficient (Wildman–Crippen LogP) is 12.4. The molecule has 1 saturated heterocycles. The van der Waals surface area contributed by atoms with Crippen molar-refractivity contribution in [3.8, 4) is 54.7 Å². The van der Waals surface area contributed by atoms with Crippen molar-refractivity contribution in [3.05, 3.63) is 82.6 Å². The number of ether oxygens (including phenoxy) is 6. The van der Waals surface area contributed by atoms with Crippen LogP contribution in [0.4, 0.5) is 17.1 Å². The molecule has 0 radical (unpaired) electrons. The Labute approximate surface area is 385 Å². The summed E-state index contributed by atoms with van der Waals surface area (Å²) in [5.41, 5.74) is 3.91. The van der Waals surface area contributed by atoms with Gasteiger partial charge in [0.1, 0.15) is 48.8 Å². The predicted molar refractivity (Wildman–Crippen MR) is 257 cm³/mol. The number of carboxylic acids is 1. The van der Waals surface area contributed by atoms with Crippen LogP contribution in [0.1, 0.15) is 70.1 Å². The molecular weight excluding hydrogens is 877 g/mol. The minimum atomic E-state index is -1.14. The van der Waals surface area contributed by atoms with E-state index in [4.69, 9.17) is 40.6 Å². The average Bonchev–Trinajstić information content (AvgIpc) is 3.95. The lowest BCUT2D eigenvalue weighted by Gasteiger charge is -2.26. The molecule has 1 fully saturated rings. The maximum Gasteiger partial charge on any atom is 0.323 e. The summed E-state index contributed by atoms with van der Waals surface area (Å²) in [6.45, 7) is 6.82. The van der Waals surface area contributed by atoms with Crippen LogP contribution in [-0.2, 0) is 9.59 Å². The summed E-state index contributed by atoms with van der Waals surface area (Å²) < 4.78 is 37.4. The maximum atomic E-state index is 13.2. The van der Waals surface area contributed by atoms with Crippen molar-refractivity contribution in [1.29, 1.82) is 0 Å². The minimum absolute atomic E-state index is 0.195. The monoisotopic (exact) mass is 926 g/mol. The highest BCUT2D eigenvalue weighted by Gasteiger charge is 2.36. The van der Waals surface area contributed by atoms with Crippen LogP contribution in [0.3, 0.4) is 0 Å². The highest BCUT2D eigenvalue weighted by molar-refractivity contribution is 8.26. The highest BCUT2D eigenvalue weighted by Crippen LogP contribution is 2.60. The Balaban J connectivity index is 1.09. The number of rotatable bonds is 20.